The molecule has 2 rings (SSSR count). The van der Waals surface area contributed by atoms with Gasteiger partial charge in [-0.1, -0.05) is 0 Å². The van der Waals surface area contributed by atoms with Crippen LogP contribution >= 0.6 is 15.9 Å². The third-order valence-corrected chi connectivity index (χ3v) is 3.41. The van der Waals surface area contributed by atoms with Crippen molar-refractivity contribution in [3.05, 3.63) is 57.8 Å². The molecule has 0 unspecified atom stereocenters. The zero-order chi connectivity index (χ0) is 15.6. The minimum Gasteiger partial charge on any atom is -0.478 e. The molecule has 108 valence electrons. The summed E-state index contributed by atoms with van der Waals surface area (Å²) in [6.07, 6.45) is 0. The maximum absolute atomic E-state index is 13.3. The van der Waals surface area contributed by atoms with Gasteiger partial charge in [0.25, 0.3) is 5.91 Å². The molecule has 0 aromatic heterocycles. The number of amides is 1. The Morgan fingerprint density at radius 1 is 1.19 bits per heavy atom. The molecular weight excluding hydrogens is 343 g/mol. The van der Waals surface area contributed by atoms with Crippen molar-refractivity contribution in [3.8, 4) is 0 Å². The zero-order valence-corrected chi connectivity index (χ0v) is 12.1. The smallest absolute Gasteiger partial charge is 0.336 e. The number of nitrogens with two attached hydrogens (primary N) is 1. The van der Waals surface area contributed by atoms with E-state index in [4.69, 9.17) is 10.8 Å². The molecule has 0 bridgehead atoms. The van der Waals surface area contributed by atoms with Gasteiger partial charge < -0.3 is 16.2 Å². The zero-order valence-electron chi connectivity index (χ0n) is 10.6. The van der Waals surface area contributed by atoms with Gasteiger partial charge in [-0.3, -0.25) is 4.79 Å². The molecule has 2 aromatic rings. The van der Waals surface area contributed by atoms with E-state index in [0.29, 0.717) is 4.47 Å². The summed E-state index contributed by atoms with van der Waals surface area (Å²) in [5.41, 5.74) is 5.67. The molecule has 0 spiro atoms. The highest BCUT2D eigenvalue weighted by molar-refractivity contribution is 9.10. The summed E-state index contributed by atoms with van der Waals surface area (Å²) in [7, 11) is 0. The summed E-state index contributed by atoms with van der Waals surface area (Å²) in [5, 5.41) is 11.5. The number of carboxylic acids is 1. The van der Waals surface area contributed by atoms with Gasteiger partial charge in [0, 0.05) is 15.7 Å². The van der Waals surface area contributed by atoms with Crippen molar-refractivity contribution >= 4 is 39.2 Å². The molecule has 0 radical (unpaired) electrons. The first-order valence-corrected chi connectivity index (χ1v) is 6.57. The Labute approximate surface area is 127 Å². The van der Waals surface area contributed by atoms with E-state index in [-0.39, 0.29) is 22.5 Å². The summed E-state index contributed by atoms with van der Waals surface area (Å²) < 4.78 is 13.7. The topological polar surface area (TPSA) is 92.4 Å². The highest BCUT2D eigenvalue weighted by Crippen LogP contribution is 2.22. The monoisotopic (exact) mass is 352 g/mol. The third kappa shape index (κ3) is 3.38. The van der Waals surface area contributed by atoms with Crippen LogP contribution < -0.4 is 11.1 Å². The Morgan fingerprint density at radius 3 is 2.52 bits per heavy atom. The van der Waals surface area contributed by atoms with E-state index >= 15 is 0 Å². The first-order valence-electron chi connectivity index (χ1n) is 5.77. The first kappa shape index (κ1) is 15.0. The molecule has 0 aliphatic rings. The van der Waals surface area contributed by atoms with E-state index in [9.17, 15) is 14.0 Å². The molecule has 21 heavy (non-hydrogen) atoms. The van der Waals surface area contributed by atoms with Crippen LogP contribution in [-0.4, -0.2) is 17.0 Å². The second kappa shape index (κ2) is 5.92. The van der Waals surface area contributed by atoms with Gasteiger partial charge in [-0.25, -0.2) is 9.18 Å². The van der Waals surface area contributed by atoms with Gasteiger partial charge in [0.1, 0.15) is 5.82 Å². The summed E-state index contributed by atoms with van der Waals surface area (Å²) in [6.45, 7) is 0. The predicted molar refractivity (Wildman–Crippen MR) is 79.9 cm³/mol. The normalized spacial score (nSPS) is 10.2. The maximum Gasteiger partial charge on any atom is 0.336 e. The third-order valence-electron chi connectivity index (χ3n) is 2.72. The summed E-state index contributed by atoms with van der Waals surface area (Å²) >= 11 is 3.10. The second-order valence-corrected chi connectivity index (χ2v) is 5.04. The number of halogens is 2. The molecule has 0 saturated heterocycles. The van der Waals surface area contributed by atoms with Gasteiger partial charge in [0.15, 0.2) is 0 Å². The minimum atomic E-state index is -1.13. The maximum atomic E-state index is 13.3. The van der Waals surface area contributed by atoms with Crippen molar-refractivity contribution in [2.75, 3.05) is 11.1 Å². The Hall–Kier alpha value is -2.41. The lowest BCUT2D eigenvalue weighted by molar-refractivity contribution is 0.0695. The number of carbonyl (C=O) groups is 2. The van der Waals surface area contributed by atoms with E-state index in [1.165, 1.54) is 30.3 Å². The Balaban J connectivity index is 2.25. The lowest BCUT2D eigenvalue weighted by atomic mass is 10.1. The molecule has 0 saturated carbocycles. The number of hydrogen-bond donors (Lipinski definition) is 3. The van der Waals surface area contributed by atoms with Crippen molar-refractivity contribution in [2.45, 2.75) is 0 Å². The SMILES string of the molecule is Nc1ccc(C(=O)Nc2ccc(Br)c(C(=O)O)c2)cc1F. The molecule has 7 heteroatoms. The van der Waals surface area contributed by atoms with E-state index < -0.39 is 17.7 Å². The van der Waals surface area contributed by atoms with E-state index in [0.717, 1.165) is 6.07 Å². The van der Waals surface area contributed by atoms with Gasteiger partial charge in [-0.2, -0.15) is 0 Å². The fraction of sp³-hybridized carbons (Fsp3) is 0. The fourth-order valence-corrected chi connectivity index (χ4v) is 2.05. The van der Waals surface area contributed by atoms with E-state index in [1.807, 2.05) is 0 Å². The molecule has 5 nitrogen and oxygen atoms in total. The van der Waals surface area contributed by atoms with Crippen LogP contribution in [0.4, 0.5) is 15.8 Å². The summed E-state index contributed by atoms with van der Waals surface area (Å²) in [6, 6.07) is 8.02. The van der Waals surface area contributed by atoms with Crippen LogP contribution in [0.2, 0.25) is 0 Å². The average molecular weight is 353 g/mol. The molecule has 0 aliphatic heterocycles. The quantitative estimate of drug-likeness (QED) is 0.740. The number of hydrogen-bond acceptors (Lipinski definition) is 3. The van der Waals surface area contributed by atoms with Crippen LogP contribution in [0.25, 0.3) is 0 Å². The number of aromatic carboxylic acids is 1. The van der Waals surface area contributed by atoms with Gasteiger partial charge >= 0.3 is 5.97 Å². The van der Waals surface area contributed by atoms with Crippen LogP contribution in [0, 0.1) is 5.82 Å². The first-order chi connectivity index (χ1) is 9.88. The number of nitrogen functional groups attached to an aromatic ring is 1. The van der Waals surface area contributed by atoms with Gasteiger partial charge in [0.05, 0.1) is 11.3 Å². The van der Waals surface area contributed by atoms with Gasteiger partial charge in [-0.15, -0.1) is 0 Å². The van der Waals surface area contributed by atoms with Crippen molar-refractivity contribution in [1.82, 2.24) is 0 Å². The molecule has 1 amide bonds. The standard InChI is InChI=1S/C14H10BrFN2O3/c15-10-3-2-8(6-9(10)14(20)21)18-13(19)7-1-4-12(17)11(16)5-7/h1-6H,17H2,(H,18,19)(H,20,21). The molecule has 0 heterocycles. The Kier molecular flexibility index (Phi) is 4.23. The van der Waals surface area contributed by atoms with Crippen LogP contribution in [0.1, 0.15) is 20.7 Å². The number of carboxylic acid groups (broad SMARTS) is 1. The Morgan fingerprint density at radius 2 is 1.90 bits per heavy atom. The second-order valence-electron chi connectivity index (χ2n) is 4.19. The lowest BCUT2D eigenvalue weighted by Crippen LogP contribution is -2.13. The largest absolute Gasteiger partial charge is 0.478 e. The van der Waals surface area contributed by atoms with Gasteiger partial charge in [0.2, 0.25) is 0 Å². The van der Waals surface area contributed by atoms with Crippen LogP contribution in [0.5, 0.6) is 0 Å². The summed E-state index contributed by atoms with van der Waals surface area (Å²) in [5.74, 6) is -2.38. The van der Waals surface area contributed by atoms with Crippen LogP contribution in [0.3, 0.4) is 0 Å². The lowest BCUT2D eigenvalue weighted by Gasteiger charge is -2.08. The molecule has 0 aliphatic carbocycles. The van der Waals surface area contributed by atoms with Gasteiger partial charge in [-0.05, 0) is 52.3 Å². The van der Waals surface area contributed by atoms with Crippen molar-refractivity contribution in [2.24, 2.45) is 0 Å². The molecule has 0 atom stereocenters. The van der Waals surface area contributed by atoms with Crippen molar-refractivity contribution < 1.29 is 19.1 Å². The molecule has 2 aromatic carbocycles. The van der Waals surface area contributed by atoms with Crippen molar-refractivity contribution in [3.63, 3.8) is 0 Å². The van der Waals surface area contributed by atoms with Crippen LogP contribution in [0.15, 0.2) is 40.9 Å². The number of nitrogens with one attached hydrogen (secondary N) is 1. The number of benzene rings is 2. The Bertz CT molecular complexity index is 734. The highest BCUT2D eigenvalue weighted by Gasteiger charge is 2.12. The highest BCUT2D eigenvalue weighted by atomic mass is 79.9. The van der Waals surface area contributed by atoms with E-state index in [1.54, 1.807) is 0 Å². The fourth-order valence-electron chi connectivity index (χ4n) is 1.64. The summed E-state index contributed by atoms with van der Waals surface area (Å²) in [4.78, 5) is 23.0. The number of rotatable bonds is 3. The van der Waals surface area contributed by atoms with E-state index in [2.05, 4.69) is 21.2 Å². The minimum absolute atomic E-state index is 0.0105. The molecule has 4 N–H and O–H groups in total. The van der Waals surface area contributed by atoms with Crippen LogP contribution in [-0.2, 0) is 0 Å². The number of anilines is 2. The molecular formula is C14H10BrFN2O3. The van der Waals surface area contributed by atoms with Crippen molar-refractivity contribution in [1.29, 1.82) is 0 Å². The molecule has 0 fully saturated rings. The number of carbonyl (C=O) groups excluding carboxylic acids is 1. The average Bonchev–Trinajstić information content (AvgIpc) is 2.43. The predicted octanol–water partition coefficient (Wildman–Crippen LogP) is 3.12.